The highest BCUT2D eigenvalue weighted by atomic mass is 32.2. The second kappa shape index (κ2) is 8.11. The number of nitrogens with zero attached hydrogens (tertiary/aromatic N) is 2. The van der Waals surface area contributed by atoms with Crippen LogP contribution in [0.25, 0.3) is 0 Å². The van der Waals surface area contributed by atoms with Crippen molar-refractivity contribution in [1.29, 1.82) is 0 Å². The first kappa shape index (κ1) is 18.8. The Balaban J connectivity index is 1.48. The molecule has 1 fully saturated rings. The highest BCUT2D eigenvalue weighted by Crippen LogP contribution is 2.18. The molecule has 26 heavy (non-hydrogen) atoms. The van der Waals surface area contributed by atoms with Crippen LogP contribution in [0.2, 0.25) is 0 Å². The summed E-state index contributed by atoms with van der Waals surface area (Å²) in [5, 5.41) is 0. The lowest BCUT2D eigenvalue weighted by Crippen LogP contribution is -2.49. The monoisotopic (exact) mass is 382 g/mol. The zero-order chi connectivity index (χ0) is 18.6. The molecule has 0 amide bonds. The van der Waals surface area contributed by atoms with Gasteiger partial charge in [-0.3, -0.25) is 4.90 Å². The lowest BCUT2D eigenvalue weighted by Gasteiger charge is -2.33. The molecule has 0 N–H and O–H groups in total. The molecule has 5 nitrogen and oxygen atoms in total. The van der Waals surface area contributed by atoms with Crippen LogP contribution >= 0.6 is 0 Å². The fourth-order valence-corrected chi connectivity index (χ4v) is 4.25. The smallest absolute Gasteiger partial charge is 0.243 e. The molecule has 8 heteroatoms. The third-order valence-corrected chi connectivity index (χ3v) is 6.15. The van der Waals surface area contributed by atoms with E-state index in [1.807, 2.05) is 0 Å². The number of rotatable bonds is 6. The first-order valence-electron chi connectivity index (χ1n) is 8.31. The number of sulfonamides is 1. The molecular weight excluding hydrogens is 362 g/mol. The predicted molar refractivity (Wildman–Crippen MR) is 93.5 cm³/mol. The summed E-state index contributed by atoms with van der Waals surface area (Å²) in [6, 6.07) is 10.9. The zero-order valence-corrected chi connectivity index (χ0v) is 15.0. The van der Waals surface area contributed by atoms with E-state index in [0.717, 1.165) is 6.07 Å². The Bertz CT molecular complexity index is 836. The van der Waals surface area contributed by atoms with Gasteiger partial charge in [0.25, 0.3) is 0 Å². The molecule has 0 aromatic heterocycles. The Morgan fingerprint density at radius 3 is 2.27 bits per heavy atom. The van der Waals surface area contributed by atoms with Gasteiger partial charge in [0.05, 0.1) is 4.90 Å². The van der Waals surface area contributed by atoms with Crippen LogP contribution in [0.3, 0.4) is 0 Å². The van der Waals surface area contributed by atoms with Crippen LogP contribution < -0.4 is 4.74 Å². The molecule has 1 heterocycles. The van der Waals surface area contributed by atoms with Crippen molar-refractivity contribution in [3.63, 3.8) is 0 Å². The number of halogens is 2. The molecule has 3 rings (SSSR count). The lowest BCUT2D eigenvalue weighted by atomic mass is 10.3. The van der Waals surface area contributed by atoms with Gasteiger partial charge in [0.2, 0.25) is 10.0 Å². The minimum Gasteiger partial charge on any atom is -0.492 e. The van der Waals surface area contributed by atoms with Crippen LogP contribution in [0.15, 0.2) is 53.4 Å². The Kier molecular flexibility index (Phi) is 5.85. The summed E-state index contributed by atoms with van der Waals surface area (Å²) in [5.74, 6) is -0.283. The average Bonchev–Trinajstić information content (AvgIpc) is 2.64. The summed E-state index contributed by atoms with van der Waals surface area (Å²) in [4.78, 5) is 2.08. The fourth-order valence-electron chi connectivity index (χ4n) is 2.79. The summed E-state index contributed by atoms with van der Waals surface area (Å²) < 4.78 is 58.2. The van der Waals surface area contributed by atoms with Crippen LogP contribution in [0.1, 0.15) is 0 Å². The average molecular weight is 382 g/mol. The van der Waals surface area contributed by atoms with Crippen molar-refractivity contribution in [3.8, 4) is 5.75 Å². The van der Waals surface area contributed by atoms with E-state index in [4.69, 9.17) is 4.74 Å². The minimum atomic E-state index is -3.68. The van der Waals surface area contributed by atoms with Crippen molar-refractivity contribution in [2.75, 3.05) is 39.3 Å². The third kappa shape index (κ3) is 4.57. The quantitative estimate of drug-likeness (QED) is 0.770. The van der Waals surface area contributed by atoms with Crippen LogP contribution in [-0.4, -0.2) is 57.0 Å². The molecule has 0 saturated carbocycles. The van der Waals surface area contributed by atoms with E-state index in [9.17, 15) is 17.2 Å². The normalized spacial score (nSPS) is 16.5. The number of hydrogen-bond acceptors (Lipinski definition) is 4. The highest BCUT2D eigenvalue weighted by Gasteiger charge is 2.28. The third-order valence-electron chi connectivity index (χ3n) is 4.25. The van der Waals surface area contributed by atoms with E-state index in [2.05, 4.69) is 4.90 Å². The molecule has 0 spiro atoms. The summed E-state index contributed by atoms with van der Waals surface area (Å²) >= 11 is 0. The number of piperazine rings is 1. The van der Waals surface area contributed by atoms with Gasteiger partial charge in [-0.2, -0.15) is 4.31 Å². The molecule has 0 unspecified atom stereocenters. The minimum absolute atomic E-state index is 0.0226. The molecule has 140 valence electrons. The number of hydrogen-bond donors (Lipinski definition) is 0. The molecular formula is C18H20F2N2O3S. The lowest BCUT2D eigenvalue weighted by molar-refractivity contribution is 0.159. The fraction of sp³-hybridized carbons (Fsp3) is 0.333. The van der Waals surface area contributed by atoms with E-state index in [1.165, 1.54) is 34.6 Å². The van der Waals surface area contributed by atoms with Gasteiger partial charge in [-0.05, 0) is 42.5 Å². The summed E-state index contributed by atoms with van der Waals surface area (Å²) in [6.07, 6.45) is 0. The van der Waals surface area contributed by atoms with Gasteiger partial charge in [-0.25, -0.2) is 17.2 Å². The van der Waals surface area contributed by atoms with Crippen molar-refractivity contribution in [2.24, 2.45) is 0 Å². The van der Waals surface area contributed by atoms with Crippen molar-refractivity contribution < 1.29 is 21.9 Å². The SMILES string of the molecule is O=S(=O)(c1cccc(F)c1)N1CCN(CCOc2ccc(F)cc2)CC1. The number of ether oxygens (including phenoxy) is 1. The van der Waals surface area contributed by atoms with Gasteiger partial charge in [-0.1, -0.05) is 6.07 Å². The van der Waals surface area contributed by atoms with E-state index >= 15 is 0 Å². The first-order valence-corrected chi connectivity index (χ1v) is 9.75. The Hall–Kier alpha value is -2.03. The molecule has 0 atom stereocenters. The van der Waals surface area contributed by atoms with Crippen molar-refractivity contribution >= 4 is 10.0 Å². The van der Waals surface area contributed by atoms with Crippen molar-refractivity contribution in [3.05, 3.63) is 60.2 Å². The molecule has 0 aliphatic carbocycles. The standard InChI is InChI=1S/C18H20F2N2O3S/c19-15-4-6-17(7-5-15)25-13-12-21-8-10-22(11-9-21)26(23,24)18-3-1-2-16(20)14-18/h1-7,14H,8-13H2. The van der Waals surface area contributed by atoms with Gasteiger partial charge in [0.1, 0.15) is 24.0 Å². The van der Waals surface area contributed by atoms with E-state index in [0.29, 0.717) is 45.1 Å². The first-order chi connectivity index (χ1) is 12.4. The molecule has 1 aliphatic rings. The maximum absolute atomic E-state index is 13.3. The second-order valence-corrected chi connectivity index (χ2v) is 7.94. The number of benzene rings is 2. The Morgan fingerprint density at radius 1 is 0.923 bits per heavy atom. The molecule has 0 radical (unpaired) electrons. The van der Waals surface area contributed by atoms with Crippen molar-refractivity contribution in [1.82, 2.24) is 9.21 Å². The molecule has 1 aliphatic heterocycles. The Morgan fingerprint density at radius 2 is 1.62 bits per heavy atom. The van der Waals surface area contributed by atoms with E-state index in [1.54, 1.807) is 12.1 Å². The van der Waals surface area contributed by atoms with E-state index < -0.39 is 15.8 Å². The van der Waals surface area contributed by atoms with Crippen LogP contribution in [-0.2, 0) is 10.0 Å². The second-order valence-electron chi connectivity index (χ2n) is 6.01. The molecule has 2 aromatic carbocycles. The van der Waals surface area contributed by atoms with Crippen LogP contribution in [0.4, 0.5) is 8.78 Å². The van der Waals surface area contributed by atoms with Gasteiger partial charge < -0.3 is 4.74 Å². The maximum atomic E-state index is 13.3. The summed E-state index contributed by atoms with van der Waals surface area (Å²) in [6.45, 7) is 2.90. The molecule has 0 bridgehead atoms. The summed E-state index contributed by atoms with van der Waals surface area (Å²) in [7, 11) is -3.68. The topological polar surface area (TPSA) is 49.9 Å². The van der Waals surface area contributed by atoms with Gasteiger partial charge >= 0.3 is 0 Å². The van der Waals surface area contributed by atoms with Gasteiger partial charge in [-0.15, -0.1) is 0 Å². The van der Waals surface area contributed by atoms with Gasteiger partial charge in [0.15, 0.2) is 0 Å². The highest BCUT2D eigenvalue weighted by molar-refractivity contribution is 7.89. The van der Waals surface area contributed by atoms with Gasteiger partial charge in [0, 0.05) is 32.7 Å². The largest absolute Gasteiger partial charge is 0.492 e. The predicted octanol–water partition coefficient (Wildman–Crippen LogP) is 2.35. The maximum Gasteiger partial charge on any atom is 0.243 e. The van der Waals surface area contributed by atoms with Crippen LogP contribution in [0, 0.1) is 11.6 Å². The van der Waals surface area contributed by atoms with E-state index in [-0.39, 0.29) is 10.7 Å². The zero-order valence-electron chi connectivity index (χ0n) is 14.1. The Labute approximate surface area is 151 Å². The summed E-state index contributed by atoms with van der Waals surface area (Å²) in [5.41, 5.74) is 0. The van der Waals surface area contributed by atoms with Crippen molar-refractivity contribution in [2.45, 2.75) is 4.90 Å². The molecule has 1 saturated heterocycles. The molecule has 2 aromatic rings. The van der Waals surface area contributed by atoms with Crippen LogP contribution in [0.5, 0.6) is 5.75 Å².